The van der Waals surface area contributed by atoms with E-state index in [0.717, 1.165) is 22.2 Å². The quantitative estimate of drug-likeness (QED) is 0.497. The third-order valence-corrected chi connectivity index (χ3v) is 4.95. The van der Waals surface area contributed by atoms with E-state index in [1.807, 2.05) is 56.3 Å². The highest BCUT2D eigenvalue weighted by molar-refractivity contribution is 7.99. The fraction of sp³-hybridized carbons (Fsp3) is 0.150. The average molecular weight is 378 g/mol. The van der Waals surface area contributed by atoms with Crippen LogP contribution in [0.2, 0.25) is 0 Å². The van der Waals surface area contributed by atoms with E-state index < -0.39 is 0 Å². The summed E-state index contributed by atoms with van der Waals surface area (Å²) in [6.45, 7) is 4.06. The zero-order valence-corrected chi connectivity index (χ0v) is 15.8. The molecule has 0 bridgehead atoms. The number of fused-ring (bicyclic) bond motifs is 1. The molecule has 0 radical (unpaired) electrons. The van der Waals surface area contributed by atoms with Gasteiger partial charge in [-0.1, -0.05) is 52.8 Å². The van der Waals surface area contributed by atoms with Crippen LogP contribution in [0, 0.1) is 13.8 Å². The van der Waals surface area contributed by atoms with Gasteiger partial charge in [0, 0.05) is 11.6 Å². The highest BCUT2D eigenvalue weighted by Crippen LogP contribution is 2.23. The lowest BCUT2D eigenvalue weighted by Gasteiger charge is -1.99. The smallest absolute Gasteiger partial charge is 0.237 e. The van der Waals surface area contributed by atoms with Gasteiger partial charge in [0.15, 0.2) is 5.16 Å². The molecule has 4 aromatic rings. The Morgan fingerprint density at radius 1 is 1.11 bits per heavy atom. The van der Waals surface area contributed by atoms with Gasteiger partial charge in [0.05, 0.1) is 16.8 Å². The van der Waals surface area contributed by atoms with Crippen LogP contribution in [0.5, 0.6) is 0 Å². The number of benzene rings is 2. The van der Waals surface area contributed by atoms with E-state index in [1.165, 1.54) is 17.3 Å². The van der Waals surface area contributed by atoms with Gasteiger partial charge in [0.2, 0.25) is 11.8 Å². The lowest BCUT2D eigenvalue weighted by molar-refractivity contribution is -0.113. The fourth-order valence-electron chi connectivity index (χ4n) is 2.67. The molecule has 2 aromatic heterocycles. The van der Waals surface area contributed by atoms with Gasteiger partial charge >= 0.3 is 0 Å². The number of nitrogens with zero attached hydrogens (tertiary/aromatic N) is 2. The number of H-pyrrole nitrogens is 1. The normalized spacial score (nSPS) is 11.0. The molecule has 0 saturated carbocycles. The van der Waals surface area contributed by atoms with Crippen molar-refractivity contribution in [2.24, 2.45) is 0 Å². The number of aromatic amines is 1. The Kier molecular flexibility index (Phi) is 4.68. The molecule has 2 aromatic carbocycles. The molecule has 7 heteroatoms. The van der Waals surface area contributed by atoms with E-state index in [-0.39, 0.29) is 11.7 Å². The molecular formula is C20H18N4O2S. The van der Waals surface area contributed by atoms with Crippen LogP contribution in [0.4, 0.5) is 5.88 Å². The third-order valence-electron chi connectivity index (χ3n) is 4.08. The van der Waals surface area contributed by atoms with Crippen LogP contribution in [0.3, 0.4) is 0 Å². The number of hydrogen-bond acceptors (Lipinski definition) is 5. The number of hydrogen-bond donors (Lipinski definition) is 2. The molecule has 0 saturated heterocycles. The first-order valence-electron chi connectivity index (χ1n) is 8.49. The summed E-state index contributed by atoms with van der Waals surface area (Å²) in [7, 11) is 0. The number of amides is 1. The maximum Gasteiger partial charge on any atom is 0.237 e. The van der Waals surface area contributed by atoms with Crippen molar-refractivity contribution in [2.75, 3.05) is 11.1 Å². The van der Waals surface area contributed by atoms with Crippen LogP contribution in [-0.4, -0.2) is 26.8 Å². The van der Waals surface area contributed by atoms with Crippen LogP contribution < -0.4 is 5.32 Å². The summed E-state index contributed by atoms with van der Waals surface area (Å²) in [5.74, 6) is 0.374. The SMILES string of the molecule is Cc1ccc(-c2cc(NC(=O)CSc3nc4ccc(C)cc4[nH]3)on2)cc1. The second-order valence-corrected chi connectivity index (χ2v) is 7.31. The molecule has 0 aliphatic rings. The molecule has 0 aliphatic carbocycles. The topological polar surface area (TPSA) is 83.8 Å². The molecule has 27 heavy (non-hydrogen) atoms. The van der Waals surface area contributed by atoms with E-state index in [4.69, 9.17) is 4.52 Å². The molecule has 6 nitrogen and oxygen atoms in total. The number of imidazole rings is 1. The van der Waals surface area contributed by atoms with Crippen LogP contribution >= 0.6 is 11.8 Å². The molecule has 1 amide bonds. The van der Waals surface area contributed by atoms with E-state index in [2.05, 4.69) is 20.4 Å². The predicted molar refractivity (Wildman–Crippen MR) is 107 cm³/mol. The van der Waals surface area contributed by atoms with Gasteiger partial charge in [-0.05, 0) is 31.5 Å². The standard InChI is InChI=1S/C20H18N4O2S/c1-12-3-6-14(7-4-12)16-10-19(26-24-16)23-18(25)11-27-20-21-15-8-5-13(2)9-17(15)22-20/h3-10H,11H2,1-2H3,(H,21,22)(H,23,25). The highest BCUT2D eigenvalue weighted by atomic mass is 32.2. The molecule has 2 N–H and O–H groups in total. The summed E-state index contributed by atoms with van der Waals surface area (Å²) in [6.07, 6.45) is 0. The Labute approximate surface area is 160 Å². The van der Waals surface area contributed by atoms with Crippen molar-refractivity contribution in [3.63, 3.8) is 0 Å². The molecule has 0 fully saturated rings. The first-order chi connectivity index (χ1) is 13.1. The summed E-state index contributed by atoms with van der Waals surface area (Å²) < 4.78 is 5.22. The van der Waals surface area contributed by atoms with Crippen molar-refractivity contribution in [1.82, 2.24) is 15.1 Å². The van der Waals surface area contributed by atoms with Crippen LogP contribution in [0.1, 0.15) is 11.1 Å². The Morgan fingerprint density at radius 3 is 2.70 bits per heavy atom. The van der Waals surface area contributed by atoms with Crippen LogP contribution in [0.15, 0.2) is 58.2 Å². The maximum atomic E-state index is 12.2. The second-order valence-electron chi connectivity index (χ2n) is 6.34. The molecular weight excluding hydrogens is 360 g/mol. The van der Waals surface area contributed by atoms with Gasteiger partial charge in [-0.2, -0.15) is 0 Å². The molecule has 0 spiro atoms. The van der Waals surface area contributed by atoms with Gasteiger partial charge in [-0.3, -0.25) is 10.1 Å². The van der Waals surface area contributed by atoms with Gasteiger partial charge in [-0.15, -0.1) is 0 Å². The van der Waals surface area contributed by atoms with Gasteiger partial charge in [0.1, 0.15) is 5.69 Å². The number of carbonyl (C=O) groups excluding carboxylic acids is 1. The summed E-state index contributed by atoms with van der Waals surface area (Å²) in [5.41, 5.74) is 5.82. The summed E-state index contributed by atoms with van der Waals surface area (Å²) in [5, 5.41) is 7.45. The Balaban J connectivity index is 1.37. The number of aryl methyl sites for hydroxylation is 2. The largest absolute Gasteiger partial charge is 0.338 e. The lowest BCUT2D eigenvalue weighted by Crippen LogP contribution is -2.13. The number of rotatable bonds is 5. The predicted octanol–water partition coefficient (Wildman–Crippen LogP) is 4.57. The minimum Gasteiger partial charge on any atom is -0.338 e. The number of nitrogens with one attached hydrogen (secondary N) is 2. The molecule has 136 valence electrons. The summed E-state index contributed by atoms with van der Waals surface area (Å²) in [6, 6.07) is 15.7. The lowest BCUT2D eigenvalue weighted by atomic mass is 10.1. The van der Waals surface area contributed by atoms with E-state index in [0.29, 0.717) is 16.7 Å². The van der Waals surface area contributed by atoms with Crippen molar-refractivity contribution >= 4 is 34.6 Å². The van der Waals surface area contributed by atoms with E-state index in [9.17, 15) is 4.79 Å². The molecule has 0 unspecified atom stereocenters. The number of anilines is 1. The van der Waals surface area contributed by atoms with Gasteiger partial charge < -0.3 is 9.51 Å². The maximum absolute atomic E-state index is 12.2. The van der Waals surface area contributed by atoms with Crippen molar-refractivity contribution in [3.8, 4) is 11.3 Å². The zero-order valence-electron chi connectivity index (χ0n) is 14.9. The van der Waals surface area contributed by atoms with Crippen molar-refractivity contribution in [1.29, 1.82) is 0 Å². The minimum atomic E-state index is -0.178. The second kappa shape index (κ2) is 7.28. The number of thioether (sulfide) groups is 1. The fourth-order valence-corrected chi connectivity index (χ4v) is 3.36. The van der Waals surface area contributed by atoms with Gasteiger partial charge in [-0.25, -0.2) is 4.98 Å². The number of carbonyl (C=O) groups is 1. The van der Waals surface area contributed by atoms with E-state index in [1.54, 1.807) is 6.07 Å². The Hall–Kier alpha value is -3.06. The van der Waals surface area contributed by atoms with Gasteiger partial charge in [0.25, 0.3) is 0 Å². The monoisotopic (exact) mass is 378 g/mol. The Bertz CT molecular complexity index is 1100. The minimum absolute atomic E-state index is 0.178. The van der Waals surface area contributed by atoms with Crippen molar-refractivity contribution < 1.29 is 9.32 Å². The van der Waals surface area contributed by atoms with E-state index >= 15 is 0 Å². The Morgan fingerprint density at radius 2 is 1.89 bits per heavy atom. The van der Waals surface area contributed by atoms with Crippen LogP contribution in [0.25, 0.3) is 22.3 Å². The molecule has 0 atom stereocenters. The molecule has 2 heterocycles. The third kappa shape index (κ3) is 4.03. The molecule has 0 aliphatic heterocycles. The highest BCUT2D eigenvalue weighted by Gasteiger charge is 2.11. The first kappa shape index (κ1) is 17.4. The van der Waals surface area contributed by atoms with Crippen molar-refractivity contribution in [3.05, 3.63) is 59.7 Å². The average Bonchev–Trinajstić information content (AvgIpc) is 3.27. The molecule has 4 rings (SSSR count). The first-order valence-corrected chi connectivity index (χ1v) is 9.48. The number of aromatic nitrogens is 3. The summed E-state index contributed by atoms with van der Waals surface area (Å²) in [4.78, 5) is 19.9. The van der Waals surface area contributed by atoms with Crippen molar-refractivity contribution in [2.45, 2.75) is 19.0 Å². The zero-order chi connectivity index (χ0) is 18.8. The van der Waals surface area contributed by atoms with Crippen LogP contribution in [-0.2, 0) is 4.79 Å². The summed E-state index contributed by atoms with van der Waals surface area (Å²) >= 11 is 1.34.